The molecular formula is C18H19N3O3S. The number of fused-ring (bicyclic) bond motifs is 1. The summed E-state index contributed by atoms with van der Waals surface area (Å²) in [6.07, 6.45) is 0. The Labute approximate surface area is 150 Å². The summed E-state index contributed by atoms with van der Waals surface area (Å²) in [7, 11) is 0. The number of amides is 1. The number of nitro groups is 1. The number of rotatable bonds is 4. The molecule has 3 rings (SSSR count). The summed E-state index contributed by atoms with van der Waals surface area (Å²) >= 11 is 1.77. The summed E-state index contributed by atoms with van der Waals surface area (Å²) in [5, 5.41) is 14.0. The van der Waals surface area contributed by atoms with E-state index in [1.807, 2.05) is 43.0 Å². The molecule has 1 amide bonds. The highest BCUT2D eigenvalue weighted by Gasteiger charge is 2.22. The van der Waals surface area contributed by atoms with Crippen molar-refractivity contribution < 1.29 is 9.72 Å². The van der Waals surface area contributed by atoms with Gasteiger partial charge >= 0.3 is 0 Å². The number of nitrogens with zero attached hydrogens (tertiary/aromatic N) is 2. The minimum atomic E-state index is -0.463. The predicted octanol–water partition coefficient (Wildman–Crippen LogP) is 3.76. The van der Waals surface area contributed by atoms with Crippen LogP contribution in [0, 0.1) is 24.0 Å². The Bertz CT molecular complexity index is 838. The fourth-order valence-corrected chi connectivity index (χ4v) is 3.86. The molecule has 2 aromatic carbocycles. The summed E-state index contributed by atoms with van der Waals surface area (Å²) in [5.74, 6) is 0.654. The van der Waals surface area contributed by atoms with Gasteiger partial charge in [0.05, 0.1) is 17.2 Å². The second-order valence-corrected chi connectivity index (χ2v) is 7.13. The van der Waals surface area contributed by atoms with Gasteiger partial charge in [0, 0.05) is 23.3 Å². The quantitative estimate of drug-likeness (QED) is 0.666. The summed E-state index contributed by atoms with van der Waals surface area (Å²) in [6, 6.07) is 11.1. The smallest absolute Gasteiger partial charge is 0.293 e. The zero-order chi connectivity index (χ0) is 18.0. The van der Waals surface area contributed by atoms with Gasteiger partial charge in [0.25, 0.3) is 5.69 Å². The first kappa shape index (κ1) is 17.3. The van der Waals surface area contributed by atoms with Crippen LogP contribution in [0.2, 0.25) is 0 Å². The number of aryl methyl sites for hydroxylation is 2. The molecule has 0 atom stereocenters. The zero-order valence-electron chi connectivity index (χ0n) is 14.1. The lowest BCUT2D eigenvalue weighted by molar-refractivity contribution is -0.384. The van der Waals surface area contributed by atoms with Gasteiger partial charge in [-0.25, -0.2) is 0 Å². The van der Waals surface area contributed by atoms with Gasteiger partial charge in [-0.15, -0.1) is 11.8 Å². The molecule has 0 aliphatic carbocycles. The maximum Gasteiger partial charge on any atom is 0.293 e. The first-order chi connectivity index (χ1) is 12.0. The maximum atomic E-state index is 12.5. The standard InChI is InChI=1S/C18H19N3O3S/c1-12-9-14(16(21(23)24)10-13(12)2)19-18(22)11-20-7-8-25-17-6-4-3-5-15(17)20/h3-6,9-10H,7-8,11H2,1-2H3,(H,19,22). The first-order valence-electron chi connectivity index (χ1n) is 7.98. The number of hydrogen-bond donors (Lipinski definition) is 1. The van der Waals surface area contributed by atoms with Gasteiger partial charge in [-0.3, -0.25) is 14.9 Å². The average Bonchev–Trinajstić information content (AvgIpc) is 2.58. The van der Waals surface area contributed by atoms with Gasteiger partial charge < -0.3 is 10.2 Å². The zero-order valence-corrected chi connectivity index (χ0v) is 14.9. The molecule has 0 spiro atoms. The lowest BCUT2D eigenvalue weighted by Crippen LogP contribution is -2.36. The lowest BCUT2D eigenvalue weighted by Gasteiger charge is -2.30. The Morgan fingerprint density at radius 2 is 2.00 bits per heavy atom. The van der Waals surface area contributed by atoms with Crippen molar-refractivity contribution in [3.05, 3.63) is 57.6 Å². The molecule has 0 unspecified atom stereocenters. The van der Waals surface area contributed by atoms with E-state index in [1.165, 1.54) is 6.07 Å². The third-order valence-electron chi connectivity index (χ3n) is 4.24. The Hall–Kier alpha value is -2.54. The second-order valence-electron chi connectivity index (χ2n) is 6.00. The summed E-state index contributed by atoms with van der Waals surface area (Å²) < 4.78 is 0. The molecule has 1 heterocycles. The van der Waals surface area contributed by atoms with Crippen molar-refractivity contribution >= 4 is 34.7 Å². The van der Waals surface area contributed by atoms with Crippen molar-refractivity contribution in [3.63, 3.8) is 0 Å². The maximum absolute atomic E-state index is 12.5. The molecule has 1 aliphatic heterocycles. The molecule has 25 heavy (non-hydrogen) atoms. The number of hydrogen-bond acceptors (Lipinski definition) is 5. The molecule has 7 heteroatoms. The van der Waals surface area contributed by atoms with E-state index in [9.17, 15) is 14.9 Å². The van der Waals surface area contributed by atoms with Crippen molar-refractivity contribution in [3.8, 4) is 0 Å². The normalized spacial score (nSPS) is 13.3. The fourth-order valence-electron chi connectivity index (χ4n) is 2.81. The van der Waals surface area contributed by atoms with Crippen molar-refractivity contribution in [1.29, 1.82) is 0 Å². The molecule has 0 bridgehead atoms. The van der Waals surface area contributed by atoms with Gasteiger partial charge in [-0.1, -0.05) is 12.1 Å². The highest BCUT2D eigenvalue weighted by atomic mass is 32.2. The Morgan fingerprint density at radius 1 is 1.28 bits per heavy atom. The predicted molar refractivity (Wildman–Crippen MR) is 101 cm³/mol. The summed E-state index contributed by atoms with van der Waals surface area (Å²) in [6.45, 7) is 4.62. The number of para-hydroxylation sites is 1. The molecule has 130 valence electrons. The summed E-state index contributed by atoms with van der Waals surface area (Å²) in [4.78, 5) is 26.4. The monoisotopic (exact) mass is 357 g/mol. The van der Waals surface area contributed by atoms with Crippen molar-refractivity contribution in [1.82, 2.24) is 0 Å². The SMILES string of the molecule is Cc1cc(NC(=O)CN2CCSc3ccccc32)c([N+](=O)[O-])cc1C. The van der Waals surface area contributed by atoms with Crippen LogP contribution < -0.4 is 10.2 Å². The molecule has 2 aromatic rings. The lowest BCUT2D eigenvalue weighted by atomic mass is 10.1. The number of carbonyl (C=O) groups excluding carboxylic acids is 1. The van der Waals surface area contributed by atoms with Crippen LogP contribution in [0.1, 0.15) is 11.1 Å². The third kappa shape index (κ3) is 3.76. The second kappa shape index (κ2) is 7.14. The van der Waals surface area contributed by atoms with Crippen LogP contribution in [0.25, 0.3) is 0 Å². The molecule has 0 saturated heterocycles. The van der Waals surface area contributed by atoms with E-state index >= 15 is 0 Å². The largest absolute Gasteiger partial charge is 0.360 e. The summed E-state index contributed by atoms with van der Waals surface area (Å²) in [5.41, 5.74) is 2.93. The first-order valence-corrected chi connectivity index (χ1v) is 8.96. The van der Waals surface area contributed by atoms with Crippen LogP contribution in [0.15, 0.2) is 41.3 Å². The molecule has 1 N–H and O–H groups in total. The topological polar surface area (TPSA) is 75.5 Å². The van der Waals surface area contributed by atoms with Crippen molar-refractivity contribution in [2.75, 3.05) is 29.1 Å². The minimum absolute atomic E-state index is 0.0777. The molecule has 0 aromatic heterocycles. The van der Waals surface area contributed by atoms with E-state index in [1.54, 1.807) is 17.8 Å². The highest BCUT2D eigenvalue weighted by Crippen LogP contribution is 2.34. The average molecular weight is 357 g/mol. The van der Waals surface area contributed by atoms with Gasteiger partial charge in [0.1, 0.15) is 5.69 Å². The molecule has 0 radical (unpaired) electrons. The number of thioether (sulfide) groups is 1. The highest BCUT2D eigenvalue weighted by molar-refractivity contribution is 7.99. The van der Waals surface area contributed by atoms with Gasteiger partial charge in [0.2, 0.25) is 5.91 Å². The van der Waals surface area contributed by atoms with Gasteiger partial charge in [0.15, 0.2) is 0 Å². The Morgan fingerprint density at radius 3 is 2.76 bits per heavy atom. The van der Waals surface area contributed by atoms with Crippen LogP contribution in [-0.4, -0.2) is 29.7 Å². The van der Waals surface area contributed by atoms with Crippen LogP contribution >= 0.6 is 11.8 Å². The number of nitrogens with one attached hydrogen (secondary N) is 1. The van der Waals surface area contributed by atoms with Gasteiger partial charge in [-0.05, 0) is 43.2 Å². The molecule has 6 nitrogen and oxygen atoms in total. The van der Waals surface area contributed by atoms with Crippen molar-refractivity contribution in [2.24, 2.45) is 0 Å². The third-order valence-corrected chi connectivity index (χ3v) is 5.28. The van der Waals surface area contributed by atoms with Crippen LogP contribution in [0.4, 0.5) is 17.1 Å². The number of nitro benzene ring substituents is 1. The number of anilines is 2. The van der Waals surface area contributed by atoms with E-state index in [2.05, 4.69) is 5.32 Å². The Kier molecular flexibility index (Phi) is 4.94. The Balaban J connectivity index is 1.78. The molecule has 0 saturated carbocycles. The van der Waals surface area contributed by atoms with E-state index in [-0.39, 0.29) is 23.8 Å². The van der Waals surface area contributed by atoms with Crippen LogP contribution in [0.3, 0.4) is 0 Å². The fraction of sp³-hybridized carbons (Fsp3) is 0.278. The number of carbonyl (C=O) groups is 1. The molecular weight excluding hydrogens is 338 g/mol. The molecule has 1 aliphatic rings. The number of benzene rings is 2. The van der Waals surface area contributed by atoms with E-state index < -0.39 is 4.92 Å². The van der Waals surface area contributed by atoms with E-state index in [0.29, 0.717) is 0 Å². The van der Waals surface area contributed by atoms with Crippen molar-refractivity contribution in [2.45, 2.75) is 18.7 Å². The van der Waals surface area contributed by atoms with Crippen LogP contribution in [0.5, 0.6) is 0 Å². The minimum Gasteiger partial charge on any atom is -0.360 e. The molecule has 0 fully saturated rings. The van der Waals surface area contributed by atoms with E-state index in [4.69, 9.17) is 0 Å². The van der Waals surface area contributed by atoms with E-state index in [0.717, 1.165) is 34.0 Å². The van der Waals surface area contributed by atoms with Gasteiger partial charge in [-0.2, -0.15) is 0 Å². The van der Waals surface area contributed by atoms with Crippen LogP contribution in [-0.2, 0) is 4.79 Å².